The van der Waals surface area contributed by atoms with Crippen LogP contribution in [0, 0.1) is 11.8 Å². The Hall–Kier alpha value is -1.46. The molecule has 1 aliphatic carbocycles. The number of rotatable bonds is 15. The molecule has 0 radical (unpaired) electrons. The van der Waals surface area contributed by atoms with Crippen LogP contribution in [0.3, 0.4) is 0 Å². The number of ether oxygens (including phenoxy) is 3. The van der Waals surface area contributed by atoms with Crippen molar-refractivity contribution in [3.8, 4) is 0 Å². The van der Waals surface area contributed by atoms with Gasteiger partial charge in [0.2, 0.25) is 0 Å². The average molecular weight is 421 g/mol. The van der Waals surface area contributed by atoms with Crippen LogP contribution in [0.4, 0.5) is 0 Å². The zero-order valence-corrected chi connectivity index (χ0v) is 18.9. The summed E-state index contributed by atoms with van der Waals surface area (Å²) in [5.74, 6) is -0.123. The third kappa shape index (κ3) is 8.35. The Labute approximate surface area is 182 Å². The van der Waals surface area contributed by atoms with E-state index in [1.165, 1.54) is 32.8 Å². The van der Waals surface area contributed by atoms with Crippen LogP contribution in [0.5, 0.6) is 0 Å². The number of methoxy groups -OCH3 is 1. The Kier molecular flexibility index (Phi) is 11.4. The number of hydrogen-bond donors (Lipinski definition) is 0. The van der Waals surface area contributed by atoms with Crippen LogP contribution < -0.4 is 0 Å². The Morgan fingerprint density at radius 2 is 1.90 bits per heavy atom. The molecule has 0 aromatic carbocycles. The van der Waals surface area contributed by atoms with Crippen molar-refractivity contribution < 1.29 is 23.8 Å². The molecular weight excluding hydrogens is 380 g/mol. The molecule has 0 N–H and O–H groups in total. The van der Waals surface area contributed by atoms with Crippen LogP contribution in [0.15, 0.2) is 24.3 Å². The molecule has 30 heavy (non-hydrogen) atoms. The summed E-state index contributed by atoms with van der Waals surface area (Å²) in [5, 5.41) is 0. The fourth-order valence-electron chi connectivity index (χ4n) is 4.40. The van der Waals surface area contributed by atoms with Crippen molar-refractivity contribution in [2.24, 2.45) is 11.8 Å². The number of unbranched alkanes of at least 4 members (excludes halogenated alkanes) is 5. The molecule has 0 amide bonds. The summed E-state index contributed by atoms with van der Waals surface area (Å²) in [4.78, 5) is 23.5. The fourth-order valence-corrected chi connectivity index (χ4v) is 4.40. The number of ketones is 1. The largest absolute Gasteiger partial charge is 0.469 e. The second kappa shape index (κ2) is 13.8. The molecule has 1 heterocycles. The smallest absolute Gasteiger partial charge is 0.305 e. The van der Waals surface area contributed by atoms with Gasteiger partial charge in [-0.05, 0) is 44.1 Å². The van der Waals surface area contributed by atoms with Crippen LogP contribution >= 0.6 is 0 Å². The molecule has 2 aliphatic rings. The monoisotopic (exact) mass is 420 g/mol. The summed E-state index contributed by atoms with van der Waals surface area (Å²) in [6.07, 6.45) is 19.7. The number of carbonyl (C=O) groups excluding carboxylic acids is 2. The van der Waals surface area contributed by atoms with Crippen molar-refractivity contribution in [1.82, 2.24) is 0 Å². The molecule has 5 heteroatoms. The molecule has 0 aromatic rings. The minimum Gasteiger partial charge on any atom is -0.469 e. The van der Waals surface area contributed by atoms with Crippen LogP contribution in [0.1, 0.15) is 84.0 Å². The number of carbonyl (C=O) groups is 2. The lowest BCUT2D eigenvalue weighted by Gasteiger charge is -2.29. The number of esters is 1. The lowest BCUT2D eigenvalue weighted by atomic mass is 9.86. The molecule has 1 unspecified atom stereocenters. The van der Waals surface area contributed by atoms with Crippen LogP contribution in [-0.4, -0.2) is 37.9 Å². The highest BCUT2D eigenvalue weighted by Crippen LogP contribution is 2.36. The molecule has 2 rings (SSSR count). The topological polar surface area (TPSA) is 61.8 Å². The minimum atomic E-state index is -0.444. The van der Waals surface area contributed by atoms with Crippen molar-refractivity contribution >= 4 is 11.8 Å². The van der Waals surface area contributed by atoms with E-state index in [4.69, 9.17) is 9.47 Å². The Bertz CT molecular complexity index is 574. The van der Waals surface area contributed by atoms with Gasteiger partial charge in [-0.2, -0.15) is 0 Å². The molecule has 0 saturated carbocycles. The van der Waals surface area contributed by atoms with Gasteiger partial charge >= 0.3 is 5.97 Å². The van der Waals surface area contributed by atoms with E-state index in [1.54, 1.807) is 6.08 Å². The van der Waals surface area contributed by atoms with Crippen molar-refractivity contribution in [2.75, 3.05) is 20.3 Å². The lowest BCUT2D eigenvalue weighted by molar-refractivity contribution is -0.170. The van der Waals surface area contributed by atoms with Crippen LogP contribution in [0.25, 0.3) is 0 Å². The first-order valence-electron chi connectivity index (χ1n) is 11.8. The van der Waals surface area contributed by atoms with E-state index >= 15 is 0 Å². The number of allylic oxidation sites excluding steroid dienone is 4. The highest BCUT2D eigenvalue weighted by Gasteiger charge is 2.38. The first-order chi connectivity index (χ1) is 14.6. The Balaban J connectivity index is 1.75. The number of hydrogen-bond acceptors (Lipinski definition) is 5. The summed E-state index contributed by atoms with van der Waals surface area (Å²) in [5.41, 5.74) is 0. The molecular formula is C25H40O5. The summed E-state index contributed by atoms with van der Waals surface area (Å²) in [6, 6.07) is 0. The predicted molar refractivity (Wildman–Crippen MR) is 118 cm³/mol. The van der Waals surface area contributed by atoms with Gasteiger partial charge in [-0.15, -0.1) is 0 Å². The van der Waals surface area contributed by atoms with Gasteiger partial charge in [0.05, 0.1) is 20.3 Å². The predicted octanol–water partition coefficient (Wildman–Crippen LogP) is 5.53. The quantitative estimate of drug-likeness (QED) is 0.198. The van der Waals surface area contributed by atoms with Gasteiger partial charge in [-0.25, -0.2) is 0 Å². The maximum atomic E-state index is 12.3. The normalized spacial score (nSPS) is 22.9. The van der Waals surface area contributed by atoms with Gasteiger partial charge in [0.15, 0.2) is 11.6 Å². The summed E-state index contributed by atoms with van der Waals surface area (Å²) in [7, 11) is 1.41. The maximum absolute atomic E-state index is 12.3. The molecule has 1 fully saturated rings. The molecule has 1 saturated heterocycles. The van der Waals surface area contributed by atoms with Crippen molar-refractivity contribution in [3.63, 3.8) is 0 Å². The lowest BCUT2D eigenvalue weighted by Crippen LogP contribution is -2.31. The van der Waals surface area contributed by atoms with Crippen LogP contribution in [-0.2, 0) is 23.8 Å². The molecule has 5 nitrogen and oxygen atoms in total. The van der Waals surface area contributed by atoms with Gasteiger partial charge < -0.3 is 14.2 Å². The molecule has 0 aromatic heterocycles. The van der Waals surface area contributed by atoms with E-state index in [1.807, 2.05) is 0 Å². The SMILES string of the molecule is CCCCCCCC1(CC[C@H]2C=CC(=O)C2C/C=C\CCCC(=O)OC)OCCO1. The van der Waals surface area contributed by atoms with Crippen molar-refractivity contribution in [1.29, 1.82) is 0 Å². The van der Waals surface area contributed by atoms with E-state index in [2.05, 4.69) is 29.9 Å². The fraction of sp³-hybridized carbons (Fsp3) is 0.760. The molecule has 1 aliphatic heterocycles. The molecule has 0 bridgehead atoms. The first-order valence-corrected chi connectivity index (χ1v) is 11.8. The molecule has 170 valence electrons. The molecule has 2 atom stereocenters. The summed E-state index contributed by atoms with van der Waals surface area (Å²) in [6.45, 7) is 3.58. The first kappa shape index (κ1) is 24.8. The summed E-state index contributed by atoms with van der Waals surface area (Å²) < 4.78 is 16.7. The van der Waals surface area contributed by atoms with E-state index in [9.17, 15) is 9.59 Å². The molecule has 0 spiro atoms. The average Bonchev–Trinajstić information content (AvgIpc) is 3.36. The zero-order chi connectivity index (χ0) is 21.7. The standard InChI is InChI=1S/C25H40O5/c1-3-4-5-8-11-17-25(29-19-20-30-25)18-16-21-14-15-23(26)22(21)12-9-6-7-10-13-24(27)28-2/h6,9,14-15,21-22H,3-5,7-8,10-13,16-20H2,1-2H3/b9-6-/t21-,22?/m1/s1. The third-order valence-corrected chi connectivity index (χ3v) is 6.26. The minimum absolute atomic E-state index is 0.0184. The van der Waals surface area contributed by atoms with Gasteiger partial charge in [-0.1, -0.05) is 50.8 Å². The highest BCUT2D eigenvalue weighted by atomic mass is 16.7. The van der Waals surface area contributed by atoms with E-state index < -0.39 is 5.79 Å². The van der Waals surface area contributed by atoms with E-state index in [-0.39, 0.29) is 23.6 Å². The van der Waals surface area contributed by atoms with Crippen molar-refractivity contribution in [2.45, 2.75) is 89.8 Å². The van der Waals surface area contributed by atoms with Gasteiger partial charge in [0, 0.05) is 25.2 Å². The Morgan fingerprint density at radius 3 is 2.63 bits per heavy atom. The Morgan fingerprint density at radius 1 is 1.13 bits per heavy atom. The second-order valence-electron chi connectivity index (χ2n) is 8.52. The third-order valence-electron chi connectivity index (χ3n) is 6.26. The van der Waals surface area contributed by atoms with Crippen molar-refractivity contribution in [3.05, 3.63) is 24.3 Å². The van der Waals surface area contributed by atoms with Gasteiger partial charge in [0.25, 0.3) is 0 Å². The van der Waals surface area contributed by atoms with Gasteiger partial charge in [-0.3, -0.25) is 9.59 Å². The zero-order valence-electron chi connectivity index (χ0n) is 18.9. The van der Waals surface area contributed by atoms with Gasteiger partial charge in [0.1, 0.15) is 0 Å². The summed E-state index contributed by atoms with van der Waals surface area (Å²) >= 11 is 0. The maximum Gasteiger partial charge on any atom is 0.305 e. The van der Waals surface area contributed by atoms with Crippen LogP contribution in [0.2, 0.25) is 0 Å². The van der Waals surface area contributed by atoms with E-state index in [0.717, 1.165) is 44.9 Å². The highest BCUT2D eigenvalue weighted by molar-refractivity contribution is 5.94. The van der Waals surface area contributed by atoms with E-state index in [0.29, 0.717) is 19.6 Å². The second-order valence-corrected chi connectivity index (χ2v) is 8.52.